The van der Waals surface area contributed by atoms with Crippen molar-refractivity contribution in [3.8, 4) is 0 Å². The van der Waals surface area contributed by atoms with E-state index in [-0.39, 0.29) is 0 Å². The fourth-order valence-electron chi connectivity index (χ4n) is 3.15. The van der Waals surface area contributed by atoms with E-state index in [0.29, 0.717) is 4.88 Å². The molecular weight excluding hydrogens is 274 g/mol. The zero-order valence-corrected chi connectivity index (χ0v) is 12.4. The van der Waals surface area contributed by atoms with Gasteiger partial charge in [-0.25, -0.2) is 9.78 Å². The molecule has 20 heavy (non-hydrogen) atoms. The van der Waals surface area contributed by atoms with Crippen LogP contribution in [0.3, 0.4) is 0 Å². The number of carboxylic acids is 1. The van der Waals surface area contributed by atoms with Gasteiger partial charge in [-0.1, -0.05) is 11.3 Å². The molecule has 1 N–H and O–H groups in total. The summed E-state index contributed by atoms with van der Waals surface area (Å²) in [4.78, 5) is 20.3. The van der Waals surface area contributed by atoms with Gasteiger partial charge in [-0.3, -0.25) is 0 Å². The van der Waals surface area contributed by atoms with Crippen LogP contribution in [0.25, 0.3) is 0 Å². The predicted molar refractivity (Wildman–Crippen MR) is 79.7 cm³/mol. The van der Waals surface area contributed by atoms with Gasteiger partial charge in [0.15, 0.2) is 5.13 Å². The van der Waals surface area contributed by atoms with E-state index >= 15 is 0 Å². The second-order valence-corrected chi connectivity index (χ2v) is 6.76. The van der Waals surface area contributed by atoms with Gasteiger partial charge in [0.1, 0.15) is 4.88 Å². The number of thiazole rings is 1. The molecule has 5 nitrogen and oxygen atoms in total. The minimum Gasteiger partial charge on any atom is -0.477 e. The molecule has 0 unspecified atom stereocenters. The number of rotatable bonds is 4. The molecule has 3 rings (SSSR count). The molecule has 0 radical (unpaired) electrons. The Balaban J connectivity index is 1.51. The summed E-state index contributed by atoms with van der Waals surface area (Å²) in [5.41, 5.74) is 0. The Morgan fingerprint density at radius 3 is 2.60 bits per heavy atom. The molecule has 0 aromatic carbocycles. The number of nitrogens with zero attached hydrogens (tertiary/aromatic N) is 3. The summed E-state index contributed by atoms with van der Waals surface area (Å²) in [6.07, 6.45) is 6.57. The highest BCUT2D eigenvalue weighted by Gasteiger charge is 2.24. The lowest BCUT2D eigenvalue weighted by Gasteiger charge is -2.33. The highest BCUT2D eigenvalue weighted by molar-refractivity contribution is 7.17. The SMILES string of the molecule is O=C(O)c1cnc(N2CCC(CN3CCCC3)CC2)s1. The third kappa shape index (κ3) is 3.12. The normalized spacial score (nSPS) is 21.5. The highest BCUT2D eigenvalue weighted by atomic mass is 32.1. The molecule has 1 aromatic rings. The van der Waals surface area contributed by atoms with Crippen molar-refractivity contribution in [2.24, 2.45) is 5.92 Å². The van der Waals surface area contributed by atoms with Crippen molar-refractivity contribution in [3.63, 3.8) is 0 Å². The summed E-state index contributed by atoms with van der Waals surface area (Å²) in [6, 6.07) is 0. The van der Waals surface area contributed by atoms with Gasteiger partial charge in [0.05, 0.1) is 6.20 Å². The van der Waals surface area contributed by atoms with E-state index in [0.717, 1.165) is 24.1 Å². The van der Waals surface area contributed by atoms with Gasteiger partial charge >= 0.3 is 5.97 Å². The first-order valence-electron chi connectivity index (χ1n) is 7.39. The molecule has 0 saturated carbocycles. The van der Waals surface area contributed by atoms with Crippen molar-refractivity contribution >= 4 is 22.4 Å². The summed E-state index contributed by atoms with van der Waals surface area (Å²) < 4.78 is 0. The molecule has 3 heterocycles. The Bertz CT molecular complexity index is 463. The molecule has 0 amide bonds. The quantitative estimate of drug-likeness (QED) is 0.922. The number of piperidine rings is 1. The predicted octanol–water partition coefficient (Wildman–Crippen LogP) is 2.15. The van der Waals surface area contributed by atoms with E-state index in [4.69, 9.17) is 5.11 Å². The standard InChI is InChI=1S/C14H21N3O2S/c18-13(19)12-9-15-14(20-12)17-7-3-11(4-8-17)10-16-5-1-2-6-16/h9,11H,1-8,10H2,(H,18,19). The van der Waals surface area contributed by atoms with Crippen molar-refractivity contribution in [2.45, 2.75) is 25.7 Å². The van der Waals surface area contributed by atoms with Crippen LogP contribution >= 0.6 is 11.3 Å². The number of aromatic nitrogens is 1. The van der Waals surface area contributed by atoms with Crippen LogP contribution in [0, 0.1) is 5.92 Å². The third-order valence-corrected chi connectivity index (χ3v) is 5.35. The first-order chi connectivity index (χ1) is 9.72. The zero-order chi connectivity index (χ0) is 13.9. The number of hydrogen-bond donors (Lipinski definition) is 1. The van der Waals surface area contributed by atoms with E-state index < -0.39 is 5.97 Å². The number of likely N-dealkylation sites (tertiary alicyclic amines) is 1. The van der Waals surface area contributed by atoms with Crippen LogP contribution in [0.1, 0.15) is 35.4 Å². The number of anilines is 1. The molecular formula is C14H21N3O2S. The summed E-state index contributed by atoms with van der Waals surface area (Å²) in [6.45, 7) is 5.80. The van der Waals surface area contributed by atoms with E-state index in [1.165, 1.54) is 62.9 Å². The van der Waals surface area contributed by atoms with Gasteiger partial charge in [0.2, 0.25) is 0 Å². The van der Waals surface area contributed by atoms with E-state index in [1.54, 1.807) is 0 Å². The van der Waals surface area contributed by atoms with Crippen LogP contribution < -0.4 is 4.90 Å². The number of carbonyl (C=O) groups is 1. The van der Waals surface area contributed by atoms with Crippen molar-refractivity contribution in [3.05, 3.63) is 11.1 Å². The van der Waals surface area contributed by atoms with Gasteiger partial charge in [0.25, 0.3) is 0 Å². The Morgan fingerprint density at radius 1 is 1.30 bits per heavy atom. The van der Waals surface area contributed by atoms with Crippen LogP contribution in [-0.2, 0) is 0 Å². The van der Waals surface area contributed by atoms with E-state index in [2.05, 4.69) is 14.8 Å². The summed E-state index contributed by atoms with van der Waals surface area (Å²) >= 11 is 1.29. The Hall–Kier alpha value is -1.14. The second kappa shape index (κ2) is 6.10. The maximum atomic E-state index is 10.9. The smallest absolute Gasteiger partial charge is 0.347 e. The van der Waals surface area contributed by atoms with Crippen molar-refractivity contribution in [2.75, 3.05) is 37.6 Å². The molecule has 110 valence electrons. The topological polar surface area (TPSA) is 56.7 Å². The summed E-state index contributed by atoms with van der Waals surface area (Å²) in [5, 5.41) is 9.81. The molecule has 2 saturated heterocycles. The summed E-state index contributed by atoms with van der Waals surface area (Å²) in [7, 11) is 0. The van der Waals surface area contributed by atoms with Crippen molar-refractivity contribution in [1.82, 2.24) is 9.88 Å². The molecule has 1 aromatic heterocycles. The molecule has 6 heteroatoms. The van der Waals surface area contributed by atoms with Gasteiger partial charge in [-0.05, 0) is 44.7 Å². The Labute approximate surface area is 123 Å². The van der Waals surface area contributed by atoms with E-state index in [1.807, 2.05) is 0 Å². The molecule has 2 aliphatic rings. The highest BCUT2D eigenvalue weighted by Crippen LogP contribution is 2.28. The monoisotopic (exact) mass is 295 g/mol. The van der Waals surface area contributed by atoms with Gasteiger partial charge < -0.3 is 14.9 Å². The average Bonchev–Trinajstić information content (AvgIpc) is 3.10. The number of carboxylic acid groups (broad SMARTS) is 1. The van der Waals surface area contributed by atoms with Crippen molar-refractivity contribution in [1.29, 1.82) is 0 Å². The van der Waals surface area contributed by atoms with Gasteiger partial charge in [-0.15, -0.1) is 0 Å². The van der Waals surface area contributed by atoms with Crippen LogP contribution in [0.5, 0.6) is 0 Å². The number of hydrogen-bond acceptors (Lipinski definition) is 5. The third-order valence-electron chi connectivity index (χ3n) is 4.30. The molecule has 0 atom stereocenters. The molecule has 2 aliphatic heterocycles. The fraction of sp³-hybridized carbons (Fsp3) is 0.714. The van der Waals surface area contributed by atoms with Gasteiger partial charge in [0, 0.05) is 19.6 Å². The first-order valence-corrected chi connectivity index (χ1v) is 8.20. The van der Waals surface area contributed by atoms with E-state index in [9.17, 15) is 4.79 Å². The summed E-state index contributed by atoms with van der Waals surface area (Å²) in [5.74, 6) is -0.0825. The first kappa shape index (κ1) is 13.8. The lowest BCUT2D eigenvalue weighted by molar-refractivity contribution is 0.0702. The van der Waals surface area contributed by atoms with Crippen LogP contribution in [-0.4, -0.2) is 53.7 Å². The molecule has 0 aliphatic carbocycles. The lowest BCUT2D eigenvalue weighted by Crippen LogP contribution is -2.38. The van der Waals surface area contributed by atoms with Crippen LogP contribution in [0.15, 0.2) is 6.20 Å². The molecule has 2 fully saturated rings. The largest absolute Gasteiger partial charge is 0.477 e. The minimum atomic E-state index is -0.877. The zero-order valence-electron chi connectivity index (χ0n) is 11.6. The fourth-order valence-corrected chi connectivity index (χ4v) is 3.95. The van der Waals surface area contributed by atoms with Gasteiger partial charge in [-0.2, -0.15) is 0 Å². The van der Waals surface area contributed by atoms with Crippen LogP contribution in [0.4, 0.5) is 5.13 Å². The van der Waals surface area contributed by atoms with Crippen LogP contribution in [0.2, 0.25) is 0 Å². The second-order valence-electron chi connectivity index (χ2n) is 5.75. The lowest BCUT2D eigenvalue weighted by atomic mass is 9.96. The minimum absolute atomic E-state index is 0.333. The Kier molecular flexibility index (Phi) is 4.21. The average molecular weight is 295 g/mol. The maximum Gasteiger partial charge on any atom is 0.347 e. The van der Waals surface area contributed by atoms with Crippen molar-refractivity contribution < 1.29 is 9.90 Å². The maximum absolute atomic E-state index is 10.9. The Morgan fingerprint density at radius 2 is 2.00 bits per heavy atom. The number of aromatic carboxylic acids is 1. The molecule has 0 spiro atoms. The molecule has 0 bridgehead atoms.